The molecule has 0 amide bonds. The number of thioether (sulfide) groups is 1. The molecule has 0 spiro atoms. The van der Waals surface area contributed by atoms with Gasteiger partial charge in [0.2, 0.25) is 0 Å². The molecule has 3 heteroatoms. The lowest BCUT2D eigenvalue weighted by Crippen LogP contribution is -2.01. The Balaban J connectivity index is 1.84. The lowest BCUT2D eigenvalue weighted by atomic mass is 10.2. The topological polar surface area (TPSA) is 18.5 Å². The van der Waals surface area contributed by atoms with E-state index in [1.54, 1.807) is 11.8 Å². The molecule has 0 N–H and O–H groups in total. The van der Waals surface area contributed by atoms with Crippen LogP contribution in [0.3, 0.4) is 0 Å². The van der Waals surface area contributed by atoms with Crippen molar-refractivity contribution in [2.75, 3.05) is 19.5 Å². The monoisotopic (exact) mass is 288 g/mol. The second-order valence-electron chi connectivity index (χ2n) is 4.35. The highest BCUT2D eigenvalue weighted by Crippen LogP contribution is 2.20. The van der Waals surface area contributed by atoms with Gasteiger partial charge in [-0.25, -0.2) is 0 Å². The van der Waals surface area contributed by atoms with Crippen LogP contribution in [0.25, 0.3) is 0 Å². The molecule has 0 saturated carbocycles. The molecule has 0 bridgehead atoms. The van der Waals surface area contributed by atoms with Gasteiger partial charge in [-0.15, -0.1) is 11.8 Å². The van der Waals surface area contributed by atoms with Crippen molar-refractivity contribution >= 4 is 11.8 Å². The summed E-state index contributed by atoms with van der Waals surface area (Å²) in [5.41, 5.74) is 1.30. The third-order valence-corrected chi connectivity index (χ3v) is 3.68. The maximum absolute atomic E-state index is 5.77. The molecule has 0 unspecified atom stereocenters. The molecular formula is C17H20O2S. The molecule has 20 heavy (non-hydrogen) atoms. The smallest absolute Gasteiger partial charge is 0.122 e. The van der Waals surface area contributed by atoms with E-state index in [1.165, 1.54) is 10.5 Å². The molecule has 0 aromatic heterocycles. The fourth-order valence-corrected chi connectivity index (χ4v) is 2.31. The van der Waals surface area contributed by atoms with Crippen LogP contribution in [0.2, 0.25) is 0 Å². The van der Waals surface area contributed by atoms with Crippen LogP contribution in [0.5, 0.6) is 11.5 Å². The van der Waals surface area contributed by atoms with E-state index in [-0.39, 0.29) is 0 Å². The summed E-state index contributed by atoms with van der Waals surface area (Å²) in [6.45, 7) is 3.32. The van der Waals surface area contributed by atoms with Gasteiger partial charge in [0.25, 0.3) is 0 Å². The van der Waals surface area contributed by atoms with Crippen molar-refractivity contribution in [1.29, 1.82) is 0 Å². The van der Waals surface area contributed by atoms with Crippen molar-refractivity contribution < 1.29 is 9.47 Å². The first-order chi connectivity index (χ1) is 9.81. The van der Waals surface area contributed by atoms with Crippen LogP contribution in [0.1, 0.15) is 12.5 Å². The predicted octanol–water partition coefficient (Wildman–Crippen LogP) is 4.43. The Labute approximate surface area is 125 Å². The molecule has 106 valence electrons. The number of hydrogen-bond donors (Lipinski definition) is 0. The van der Waals surface area contributed by atoms with Gasteiger partial charge in [-0.3, -0.25) is 0 Å². The van der Waals surface area contributed by atoms with Crippen molar-refractivity contribution in [1.82, 2.24) is 0 Å². The Morgan fingerprint density at radius 3 is 2.30 bits per heavy atom. The lowest BCUT2D eigenvalue weighted by Gasteiger charge is -2.08. The molecule has 0 fully saturated rings. The zero-order valence-electron chi connectivity index (χ0n) is 12.0. The fourth-order valence-electron chi connectivity index (χ4n) is 1.90. The van der Waals surface area contributed by atoms with Crippen molar-refractivity contribution in [3.63, 3.8) is 0 Å². The molecule has 0 aliphatic heterocycles. The van der Waals surface area contributed by atoms with Crippen molar-refractivity contribution in [3.05, 3.63) is 54.1 Å². The first kappa shape index (κ1) is 14.8. The molecule has 2 rings (SSSR count). The third-order valence-electron chi connectivity index (χ3n) is 2.94. The Kier molecular flexibility index (Phi) is 5.81. The summed E-state index contributed by atoms with van der Waals surface area (Å²) >= 11 is 1.76. The third kappa shape index (κ3) is 4.49. The second kappa shape index (κ2) is 7.85. The highest BCUT2D eigenvalue weighted by molar-refractivity contribution is 7.98. The van der Waals surface area contributed by atoms with E-state index < -0.39 is 0 Å². The molecule has 0 heterocycles. The first-order valence-corrected chi connectivity index (χ1v) is 8.03. The van der Waals surface area contributed by atoms with E-state index >= 15 is 0 Å². The highest BCUT2D eigenvalue weighted by Gasteiger charge is 1.99. The maximum atomic E-state index is 5.77. The Bertz CT molecular complexity index is 523. The summed E-state index contributed by atoms with van der Waals surface area (Å²) in [5, 5.41) is 0. The number of benzene rings is 2. The average molecular weight is 288 g/mol. The van der Waals surface area contributed by atoms with Crippen molar-refractivity contribution in [2.45, 2.75) is 18.2 Å². The zero-order valence-corrected chi connectivity index (χ0v) is 12.8. The van der Waals surface area contributed by atoms with Crippen LogP contribution in [0, 0.1) is 0 Å². The van der Waals surface area contributed by atoms with E-state index in [0.717, 1.165) is 17.9 Å². The predicted molar refractivity (Wildman–Crippen MR) is 85.0 cm³/mol. The summed E-state index contributed by atoms with van der Waals surface area (Å²) in [7, 11) is 0. The van der Waals surface area contributed by atoms with Gasteiger partial charge in [0.05, 0.1) is 13.2 Å². The average Bonchev–Trinajstić information content (AvgIpc) is 2.49. The van der Waals surface area contributed by atoms with Crippen LogP contribution in [-0.4, -0.2) is 19.5 Å². The summed E-state index contributed by atoms with van der Waals surface area (Å²) in [4.78, 5) is 1.29. The van der Waals surface area contributed by atoms with Gasteiger partial charge in [-0.1, -0.05) is 18.2 Å². The quantitative estimate of drug-likeness (QED) is 0.702. The maximum Gasteiger partial charge on any atom is 0.122 e. The van der Waals surface area contributed by atoms with Gasteiger partial charge in [0, 0.05) is 17.4 Å². The van der Waals surface area contributed by atoms with E-state index in [2.05, 4.69) is 30.5 Å². The Morgan fingerprint density at radius 2 is 1.65 bits per heavy atom. The van der Waals surface area contributed by atoms with Crippen molar-refractivity contribution in [3.8, 4) is 11.5 Å². The lowest BCUT2D eigenvalue weighted by molar-refractivity contribution is 0.312. The van der Waals surface area contributed by atoms with Crippen LogP contribution in [-0.2, 0) is 6.42 Å². The standard InChI is InChI=1S/C17H20O2S/c1-3-18-15-5-4-6-16(13-15)19-12-11-14-7-9-17(20-2)10-8-14/h4-10,13H,3,11-12H2,1-2H3. The number of rotatable bonds is 7. The molecule has 2 aromatic carbocycles. The molecule has 0 radical (unpaired) electrons. The van der Waals surface area contributed by atoms with Gasteiger partial charge >= 0.3 is 0 Å². The van der Waals surface area contributed by atoms with E-state index in [4.69, 9.17) is 9.47 Å². The summed E-state index contributed by atoms with van der Waals surface area (Å²) in [5.74, 6) is 1.71. The number of ether oxygens (including phenoxy) is 2. The van der Waals surface area contributed by atoms with E-state index in [9.17, 15) is 0 Å². The SMILES string of the molecule is CCOc1cccc(OCCc2ccc(SC)cc2)c1. The first-order valence-electron chi connectivity index (χ1n) is 6.80. The van der Waals surface area contributed by atoms with Crippen LogP contribution in [0.4, 0.5) is 0 Å². The molecule has 0 saturated heterocycles. The normalized spacial score (nSPS) is 10.3. The zero-order chi connectivity index (χ0) is 14.2. The minimum atomic E-state index is 0.672. The Hall–Kier alpha value is -1.61. The van der Waals surface area contributed by atoms with Gasteiger partial charge in [0.15, 0.2) is 0 Å². The minimum absolute atomic E-state index is 0.672. The van der Waals surface area contributed by atoms with Crippen LogP contribution >= 0.6 is 11.8 Å². The van der Waals surface area contributed by atoms with Gasteiger partial charge in [-0.2, -0.15) is 0 Å². The van der Waals surface area contributed by atoms with E-state index in [1.807, 2.05) is 31.2 Å². The summed E-state index contributed by atoms with van der Waals surface area (Å²) in [6.07, 6.45) is 3.00. The second-order valence-corrected chi connectivity index (χ2v) is 5.23. The van der Waals surface area contributed by atoms with Crippen LogP contribution in [0.15, 0.2) is 53.4 Å². The number of hydrogen-bond acceptors (Lipinski definition) is 3. The molecule has 0 aliphatic rings. The Morgan fingerprint density at radius 1 is 0.950 bits per heavy atom. The highest BCUT2D eigenvalue weighted by atomic mass is 32.2. The summed E-state index contributed by atoms with van der Waals surface area (Å²) < 4.78 is 11.2. The van der Waals surface area contributed by atoms with Gasteiger partial charge in [-0.05, 0) is 43.0 Å². The minimum Gasteiger partial charge on any atom is -0.494 e. The molecule has 0 aliphatic carbocycles. The fraction of sp³-hybridized carbons (Fsp3) is 0.294. The van der Waals surface area contributed by atoms with Gasteiger partial charge < -0.3 is 9.47 Å². The largest absolute Gasteiger partial charge is 0.494 e. The summed E-state index contributed by atoms with van der Waals surface area (Å²) in [6, 6.07) is 16.4. The molecular weight excluding hydrogens is 268 g/mol. The van der Waals surface area contributed by atoms with Crippen molar-refractivity contribution in [2.24, 2.45) is 0 Å². The van der Waals surface area contributed by atoms with Crippen LogP contribution < -0.4 is 9.47 Å². The molecule has 2 aromatic rings. The van der Waals surface area contributed by atoms with Gasteiger partial charge in [0.1, 0.15) is 11.5 Å². The molecule has 0 atom stereocenters. The van der Waals surface area contributed by atoms with E-state index in [0.29, 0.717) is 13.2 Å². The molecule has 2 nitrogen and oxygen atoms in total.